The molecule has 1 unspecified atom stereocenters. The number of unbranched alkanes of at least 4 members (excludes halogenated alkanes) is 1. The summed E-state index contributed by atoms with van der Waals surface area (Å²) in [6.45, 7) is 1.06. The van der Waals surface area contributed by atoms with Crippen LogP contribution in [0.1, 0.15) is 62.0 Å². The van der Waals surface area contributed by atoms with Gasteiger partial charge in [0.25, 0.3) is 0 Å². The van der Waals surface area contributed by atoms with Gasteiger partial charge in [0.1, 0.15) is 6.61 Å². The molecular formula is C25H29NO4. The van der Waals surface area contributed by atoms with Crippen LogP contribution in [-0.4, -0.2) is 41.3 Å². The molecule has 1 aliphatic heterocycles. The molecule has 1 aliphatic carbocycles. The average Bonchev–Trinajstić information content (AvgIpc) is 3.09. The minimum Gasteiger partial charge on any atom is -0.481 e. The van der Waals surface area contributed by atoms with E-state index in [1.807, 2.05) is 29.2 Å². The number of likely N-dealkylation sites (tertiary alicyclic amines) is 1. The summed E-state index contributed by atoms with van der Waals surface area (Å²) in [7, 11) is 0. The molecule has 1 atom stereocenters. The first kappa shape index (κ1) is 20.5. The second-order valence-corrected chi connectivity index (χ2v) is 8.29. The SMILES string of the molecule is O=C(O)CCCCC1CCCCN1C(=O)OCC1c2ccccc2-c2ccccc21. The molecule has 30 heavy (non-hydrogen) atoms. The second kappa shape index (κ2) is 9.33. The number of benzene rings is 2. The second-order valence-electron chi connectivity index (χ2n) is 8.29. The Morgan fingerprint density at radius 3 is 2.30 bits per heavy atom. The lowest BCUT2D eigenvalue weighted by atomic mass is 9.97. The molecule has 2 aromatic rings. The lowest BCUT2D eigenvalue weighted by molar-refractivity contribution is -0.137. The van der Waals surface area contributed by atoms with Crippen molar-refractivity contribution in [3.8, 4) is 11.1 Å². The summed E-state index contributed by atoms with van der Waals surface area (Å²) < 4.78 is 5.85. The van der Waals surface area contributed by atoms with E-state index >= 15 is 0 Å². The van der Waals surface area contributed by atoms with Gasteiger partial charge in [0.2, 0.25) is 0 Å². The van der Waals surface area contributed by atoms with Crippen molar-refractivity contribution in [2.75, 3.05) is 13.2 Å². The van der Waals surface area contributed by atoms with Gasteiger partial charge in [0.05, 0.1) is 0 Å². The van der Waals surface area contributed by atoms with Crippen LogP contribution in [0.25, 0.3) is 11.1 Å². The standard InChI is InChI=1S/C25H29NO4/c27-24(28)15-6-1-9-18-10-7-8-16-26(18)25(29)30-17-23-21-13-4-2-11-19(21)20-12-3-5-14-22(20)23/h2-5,11-14,18,23H,1,6-10,15-17H2,(H,27,28). The van der Waals surface area contributed by atoms with Crippen LogP contribution in [0.15, 0.2) is 48.5 Å². The minimum atomic E-state index is -0.757. The number of hydrogen-bond donors (Lipinski definition) is 1. The minimum absolute atomic E-state index is 0.0696. The van der Waals surface area contributed by atoms with Crippen molar-refractivity contribution in [3.05, 3.63) is 59.7 Å². The maximum absolute atomic E-state index is 12.9. The largest absolute Gasteiger partial charge is 0.481 e. The van der Waals surface area contributed by atoms with Gasteiger partial charge < -0.3 is 14.7 Å². The lowest BCUT2D eigenvalue weighted by Gasteiger charge is -2.35. The summed E-state index contributed by atoms with van der Waals surface area (Å²) in [5.41, 5.74) is 4.89. The fourth-order valence-corrected chi connectivity index (χ4v) is 4.87. The number of aliphatic carboxylic acids is 1. The van der Waals surface area contributed by atoms with Gasteiger partial charge in [-0.3, -0.25) is 4.79 Å². The van der Waals surface area contributed by atoms with Crippen LogP contribution in [0, 0.1) is 0 Å². The van der Waals surface area contributed by atoms with Gasteiger partial charge >= 0.3 is 12.1 Å². The Balaban J connectivity index is 1.39. The highest BCUT2D eigenvalue weighted by molar-refractivity contribution is 5.79. The molecule has 1 fully saturated rings. The Bertz CT molecular complexity index is 864. The molecule has 0 bridgehead atoms. The molecule has 158 valence electrons. The van der Waals surface area contributed by atoms with Crippen molar-refractivity contribution in [3.63, 3.8) is 0 Å². The molecule has 0 radical (unpaired) electrons. The molecule has 2 aliphatic rings. The van der Waals surface area contributed by atoms with Gasteiger partial charge in [-0.25, -0.2) is 4.79 Å². The number of carboxylic acid groups (broad SMARTS) is 1. The highest BCUT2D eigenvalue weighted by Crippen LogP contribution is 2.44. The number of carbonyl (C=O) groups excluding carboxylic acids is 1. The van der Waals surface area contributed by atoms with E-state index in [2.05, 4.69) is 24.3 Å². The molecule has 1 amide bonds. The van der Waals surface area contributed by atoms with Crippen molar-refractivity contribution >= 4 is 12.1 Å². The normalized spacial score (nSPS) is 18.0. The predicted molar refractivity (Wildman–Crippen MR) is 116 cm³/mol. The number of ether oxygens (including phenoxy) is 1. The van der Waals surface area contributed by atoms with E-state index in [0.717, 1.165) is 38.6 Å². The molecule has 4 rings (SSSR count). The number of nitrogens with zero attached hydrogens (tertiary/aromatic N) is 1. The number of carboxylic acids is 1. The van der Waals surface area contributed by atoms with Crippen LogP contribution in [-0.2, 0) is 9.53 Å². The zero-order valence-electron chi connectivity index (χ0n) is 17.3. The molecule has 0 aromatic heterocycles. The van der Waals surface area contributed by atoms with E-state index in [1.54, 1.807) is 0 Å². The van der Waals surface area contributed by atoms with Crippen LogP contribution in [0.3, 0.4) is 0 Å². The van der Waals surface area contributed by atoms with Crippen LogP contribution in [0.2, 0.25) is 0 Å². The Labute approximate surface area is 177 Å². The third-order valence-electron chi connectivity index (χ3n) is 6.38. The third-order valence-corrected chi connectivity index (χ3v) is 6.38. The van der Waals surface area contributed by atoms with Crippen LogP contribution >= 0.6 is 0 Å². The Hall–Kier alpha value is -2.82. The van der Waals surface area contributed by atoms with Gasteiger partial charge in [-0.2, -0.15) is 0 Å². The van der Waals surface area contributed by atoms with Crippen LogP contribution < -0.4 is 0 Å². The van der Waals surface area contributed by atoms with E-state index < -0.39 is 5.97 Å². The highest BCUT2D eigenvalue weighted by Gasteiger charge is 2.31. The van der Waals surface area contributed by atoms with Crippen molar-refractivity contribution in [2.45, 2.75) is 56.9 Å². The Kier molecular flexibility index (Phi) is 6.36. The monoisotopic (exact) mass is 407 g/mol. The van der Waals surface area contributed by atoms with E-state index in [-0.39, 0.29) is 24.5 Å². The van der Waals surface area contributed by atoms with Crippen molar-refractivity contribution < 1.29 is 19.4 Å². The van der Waals surface area contributed by atoms with Gasteiger partial charge in [0, 0.05) is 24.9 Å². The number of fused-ring (bicyclic) bond motifs is 3. The van der Waals surface area contributed by atoms with Crippen LogP contribution in [0.4, 0.5) is 4.79 Å². The quantitative estimate of drug-likeness (QED) is 0.621. The predicted octanol–water partition coefficient (Wildman–Crippen LogP) is 5.44. The first-order chi connectivity index (χ1) is 14.6. The summed E-state index contributed by atoms with van der Waals surface area (Å²) in [5, 5.41) is 8.82. The summed E-state index contributed by atoms with van der Waals surface area (Å²) in [5.74, 6) is -0.688. The number of rotatable bonds is 7. The molecule has 2 aromatic carbocycles. The summed E-state index contributed by atoms with van der Waals surface area (Å²) in [6.07, 6.45) is 5.35. The van der Waals surface area contributed by atoms with Crippen LogP contribution in [0.5, 0.6) is 0 Å². The molecule has 5 nitrogen and oxygen atoms in total. The maximum Gasteiger partial charge on any atom is 0.410 e. The van der Waals surface area contributed by atoms with Crippen molar-refractivity contribution in [1.82, 2.24) is 4.90 Å². The maximum atomic E-state index is 12.9. The number of piperidine rings is 1. The molecule has 5 heteroatoms. The van der Waals surface area contributed by atoms with Gasteiger partial charge in [0.15, 0.2) is 0 Å². The van der Waals surface area contributed by atoms with Gasteiger partial charge in [-0.05, 0) is 54.4 Å². The topological polar surface area (TPSA) is 66.8 Å². The first-order valence-corrected chi connectivity index (χ1v) is 11.0. The van der Waals surface area contributed by atoms with E-state index in [4.69, 9.17) is 9.84 Å². The first-order valence-electron chi connectivity index (χ1n) is 11.0. The number of hydrogen-bond acceptors (Lipinski definition) is 3. The average molecular weight is 408 g/mol. The number of carbonyl (C=O) groups is 2. The van der Waals surface area contributed by atoms with Gasteiger partial charge in [-0.1, -0.05) is 55.0 Å². The fourth-order valence-electron chi connectivity index (χ4n) is 4.87. The van der Waals surface area contributed by atoms with E-state index in [9.17, 15) is 9.59 Å². The van der Waals surface area contributed by atoms with Crippen molar-refractivity contribution in [1.29, 1.82) is 0 Å². The van der Waals surface area contributed by atoms with E-state index in [1.165, 1.54) is 22.3 Å². The van der Waals surface area contributed by atoms with E-state index in [0.29, 0.717) is 13.0 Å². The molecule has 0 saturated carbocycles. The summed E-state index contributed by atoms with van der Waals surface area (Å²) >= 11 is 0. The fraction of sp³-hybridized carbons (Fsp3) is 0.440. The smallest absolute Gasteiger partial charge is 0.410 e. The molecule has 1 N–H and O–H groups in total. The molecule has 1 saturated heterocycles. The Morgan fingerprint density at radius 2 is 1.63 bits per heavy atom. The summed E-state index contributed by atoms with van der Waals surface area (Å²) in [6, 6.07) is 16.8. The lowest BCUT2D eigenvalue weighted by Crippen LogP contribution is -2.44. The number of amides is 1. The molecular weight excluding hydrogens is 378 g/mol. The zero-order valence-corrected chi connectivity index (χ0v) is 17.3. The third kappa shape index (κ3) is 4.35. The molecule has 0 spiro atoms. The summed E-state index contributed by atoms with van der Waals surface area (Å²) in [4.78, 5) is 25.5. The van der Waals surface area contributed by atoms with Crippen molar-refractivity contribution in [2.24, 2.45) is 0 Å². The van der Waals surface area contributed by atoms with Gasteiger partial charge in [-0.15, -0.1) is 0 Å². The Morgan fingerprint density at radius 1 is 0.967 bits per heavy atom. The zero-order chi connectivity index (χ0) is 20.9. The molecule has 1 heterocycles. The highest BCUT2D eigenvalue weighted by atomic mass is 16.6.